The molecule has 0 radical (unpaired) electrons. The lowest BCUT2D eigenvalue weighted by molar-refractivity contribution is -0.0504. The second-order valence-electron chi connectivity index (χ2n) is 2.98. The Labute approximate surface area is 96.4 Å². The molecule has 0 amide bonds. The third kappa shape index (κ3) is 4.76. The van der Waals surface area contributed by atoms with Crippen LogP contribution in [0.15, 0.2) is 24.3 Å². The smallest absolute Gasteiger partial charge is 0.387 e. The maximum absolute atomic E-state index is 12.0. The summed E-state index contributed by atoms with van der Waals surface area (Å²) in [7, 11) is 1.39. The normalized spacial score (nSPS) is 11.8. The molecule has 0 aromatic heterocycles. The topological polar surface area (TPSA) is 43.4 Å². The SMILES string of the molecule is O=S(=O)(Cl)CCc1ccccc1OC(F)F. The fourth-order valence-corrected chi connectivity index (χ4v) is 1.85. The van der Waals surface area contributed by atoms with Crippen LogP contribution in [-0.4, -0.2) is 20.8 Å². The Kier molecular flexibility index (Phi) is 4.49. The second kappa shape index (κ2) is 5.45. The Morgan fingerprint density at radius 3 is 2.50 bits per heavy atom. The van der Waals surface area contributed by atoms with Gasteiger partial charge in [-0.3, -0.25) is 0 Å². The van der Waals surface area contributed by atoms with Crippen molar-refractivity contribution < 1.29 is 21.9 Å². The number of para-hydroxylation sites is 1. The van der Waals surface area contributed by atoms with Crippen molar-refractivity contribution >= 4 is 19.7 Å². The molecule has 0 spiro atoms. The van der Waals surface area contributed by atoms with Crippen LogP contribution in [0.3, 0.4) is 0 Å². The molecule has 3 nitrogen and oxygen atoms in total. The molecule has 0 bridgehead atoms. The summed E-state index contributed by atoms with van der Waals surface area (Å²) in [6.07, 6.45) is 0.0364. The summed E-state index contributed by atoms with van der Waals surface area (Å²) in [5.74, 6) is -0.351. The van der Waals surface area contributed by atoms with Crippen LogP contribution in [0.2, 0.25) is 0 Å². The molecule has 0 unspecified atom stereocenters. The first-order valence-corrected chi connectivity index (χ1v) is 6.81. The van der Waals surface area contributed by atoms with Gasteiger partial charge in [0, 0.05) is 10.7 Å². The van der Waals surface area contributed by atoms with Crippen LogP contribution >= 0.6 is 10.7 Å². The molecule has 1 aromatic carbocycles. The van der Waals surface area contributed by atoms with Crippen molar-refractivity contribution in [2.45, 2.75) is 13.0 Å². The van der Waals surface area contributed by atoms with Gasteiger partial charge in [-0.2, -0.15) is 8.78 Å². The van der Waals surface area contributed by atoms with Gasteiger partial charge in [0.1, 0.15) is 5.75 Å². The van der Waals surface area contributed by atoms with E-state index >= 15 is 0 Å². The highest BCUT2D eigenvalue weighted by Gasteiger charge is 2.12. The molecule has 1 rings (SSSR count). The molecule has 16 heavy (non-hydrogen) atoms. The Balaban J connectivity index is 2.79. The average Bonchev–Trinajstić information content (AvgIpc) is 2.14. The van der Waals surface area contributed by atoms with Gasteiger partial charge >= 0.3 is 6.61 Å². The van der Waals surface area contributed by atoms with Crippen LogP contribution in [0.4, 0.5) is 8.78 Å². The molecular weight excluding hydrogens is 262 g/mol. The lowest BCUT2D eigenvalue weighted by atomic mass is 10.1. The number of aryl methyl sites for hydroxylation is 1. The molecule has 0 heterocycles. The van der Waals surface area contributed by atoms with Crippen molar-refractivity contribution in [1.82, 2.24) is 0 Å². The number of halogens is 3. The fraction of sp³-hybridized carbons (Fsp3) is 0.333. The lowest BCUT2D eigenvalue weighted by Gasteiger charge is -2.09. The summed E-state index contributed by atoms with van der Waals surface area (Å²) < 4.78 is 49.7. The molecule has 0 aliphatic carbocycles. The molecule has 7 heteroatoms. The lowest BCUT2D eigenvalue weighted by Crippen LogP contribution is -2.07. The van der Waals surface area contributed by atoms with E-state index < -0.39 is 15.7 Å². The highest BCUT2D eigenvalue weighted by molar-refractivity contribution is 8.13. The van der Waals surface area contributed by atoms with E-state index in [0.29, 0.717) is 5.56 Å². The van der Waals surface area contributed by atoms with E-state index in [1.807, 2.05) is 0 Å². The van der Waals surface area contributed by atoms with Crippen molar-refractivity contribution in [1.29, 1.82) is 0 Å². The monoisotopic (exact) mass is 270 g/mol. The van der Waals surface area contributed by atoms with Crippen LogP contribution < -0.4 is 4.74 Å². The largest absolute Gasteiger partial charge is 0.435 e. The number of alkyl halides is 2. The van der Waals surface area contributed by atoms with E-state index in [2.05, 4.69) is 4.74 Å². The highest BCUT2D eigenvalue weighted by atomic mass is 35.7. The molecule has 0 fully saturated rings. The summed E-state index contributed by atoms with van der Waals surface area (Å²) in [4.78, 5) is 0. The van der Waals surface area contributed by atoms with Crippen molar-refractivity contribution in [3.05, 3.63) is 29.8 Å². The van der Waals surface area contributed by atoms with E-state index in [0.717, 1.165) is 0 Å². The second-order valence-corrected chi connectivity index (χ2v) is 5.88. The predicted octanol–water partition coefficient (Wildman–Crippen LogP) is 2.40. The Morgan fingerprint density at radius 2 is 1.94 bits per heavy atom. The number of ether oxygens (including phenoxy) is 1. The number of hydrogen-bond donors (Lipinski definition) is 0. The summed E-state index contributed by atoms with van der Waals surface area (Å²) in [6, 6.07) is 5.99. The van der Waals surface area contributed by atoms with Gasteiger partial charge in [-0.1, -0.05) is 18.2 Å². The summed E-state index contributed by atoms with van der Waals surface area (Å²) in [6.45, 7) is -2.94. The van der Waals surface area contributed by atoms with Gasteiger partial charge in [0.15, 0.2) is 0 Å². The minimum atomic E-state index is -3.64. The summed E-state index contributed by atoms with van der Waals surface area (Å²) in [5.41, 5.74) is 0.382. The molecule has 0 saturated carbocycles. The van der Waals surface area contributed by atoms with Crippen LogP contribution in [-0.2, 0) is 15.5 Å². The molecule has 0 aliphatic rings. The minimum Gasteiger partial charge on any atom is -0.435 e. The van der Waals surface area contributed by atoms with E-state index in [4.69, 9.17) is 10.7 Å². The highest BCUT2D eigenvalue weighted by Crippen LogP contribution is 2.21. The molecule has 0 aliphatic heterocycles. The first-order chi connectivity index (χ1) is 7.38. The maximum atomic E-state index is 12.0. The minimum absolute atomic E-state index is 0.0298. The van der Waals surface area contributed by atoms with E-state index in [1.54, 1.807) is 6.07 Å². The molecule has 0 N–H and O–H groups in total. The Morgan fingerprint density at radius 1 is 1.31 bits per heavy atom. The third-order valence-electron chi connectivity index (χ3n) is 1.80. The molecule has 90 valence electrons. The summed E-state index contributed by atoms with van der Waals surface area (Å²) >= 11 is 0. The van der Waals surface area contributed by atoms with E-state index in [1.165, 1.54) is 18.2 Å². The average molecular weight is 271 g/mol. The number of hydrogen-bond acceptors (Lipinski definition) is 3. The van der Waals surface area contributed by atoms with Crippen LogP contribution in [0.1, 0.15) is 5.56 Å². The van der Waals surface area contributed by atoms with Crippen LogP contribution in [0.25, 0.3) is 0 Å². The number of benzene rings is 1. The van der Waals surface area contributed by atoms with E-state index in [9.17, 15) is 17.2 Å². The van der Waals surface area contributed by atoms with Gasteiger partial charge in [0.2, 0.25) is 9.05 Å². The molecule has 0 atom stereocenters. The predicted molar refractivity (Wildman–Crippen MR) is 56.4 cm³/mol. The van der Waals surface area contributed by atoms with Gasteiger partial charge in [-0.15, -0.1) is 0 Å². The zero-order chi connectivity index (χ0) is 12.2. The first kappa shape index (κ1) is 13.2. The van der Waals surface area contributed by atoms with Gasteiger partial charge in [-0.25, -0.2) is 8.42 Å². The van der Waals surface area contributed by atoms with Gasteiger partial charge < -0.3 is 4.74 Å². The summed E-state index contributed by atoms with van der Waals surface area (Å²) in [5, 5.41) is 0. The third-order valence-corrected chi connectivity index (χ3v) is 2.96. The molecule has 0 saturated heterocycles. The van der Waals surface area contributed by atoms with Crippen LogP contribution in [0, 0.1) is 0 Å². The zero-order valence-electron chi connectivity index (χ0n) is 8.07. The van der Waals surface area contributed by atoms with Crippen molar-refractivity contribution in [2.75, 3.05) is 5.75 Å². The van der Waals surface area contributed by atoms with Gasteiger partial charge in [-0.05, 0) is 18.1 Å². The van der Waals surface area contributed by atoms with Gasteiger partial charge in [0.25, 0.3) is 0 Å². The quantitative estimate of drug-likeness (QED) is 0.772. The molecule has 1 aromatic rings. The van der Waals surface area contributed by atoms with Crippen molar-refractivity contribution in [3.8, 4) is 5.75 Å². The zero-order valence-corrected chi connectivity index (χ0v) is 9.64. The Hall–Kier alpha value is -0.880. The van der Waals surface area contributed by atoms with E-state index in [-0.39, 0.29) is 17.9 Å². The van der Waals surface area contributed by atoms with Gasteiger partial charge in [0.05, 0.1) is 5.75 Å². The number of rotatable bonds is 5. The van der Waals surface area contributed by atoms with Crippen LogP contribution in [0.5, 0.6) is 5.75 Å². The van der Waals surface area contributed by atoms with Crippen molar-refractivity contribution in [2.24, 2.45) is 0 Å². The Bertz CT molecular complexity index is 448. The van der Waals surface area contributed by atoms with Crippen molar-refractivity contribution in [3.63, 3.8) is 0 Å². The molecular formula is C9H9ClF2O3S. The standard InChI is InChI=1S/C9H9ClF2O3S/c10-16(13,14)6-5-7-3-1-2-4-8(7)15-9(11)12/h1-4,9H,5-6H2. The fourth-order valence-electron chi connectivity index (χ4n) is 1.15. The first-order valence-electron chi connectivity index (χ1n) is 4.33. The maximum Gasteiger partial charge on any atom is 0.387 e.